The Kier molecular flexibility index (Phi) is 3.85. The largest absolute Gasteiger partial charge is 0.410 e. The van der Waals surface area contributed by atoms with Gasteiger partial charge in [0.1, 0.15) is 5.78 Å². The Labute approximate surface area is 76.0 Å². The molecule has 13 heavy (non-hydrogen) atoms. The van der Waals surface area contributed by atoms with Crippen LogP contribution in [0.5, 0.6) is 0 Å². The first-order valence-electron chi connectivity index (χ1n) is 4.10. The monoisotopic (exact) mass is 188 g/mol. The molecule has 5 nitrogen and oxygen atoms in total. The van der Waals surface area contributed by atoms with Crippen molar-refractivity contribution in [1.29, 1.82) is 0 Å². The van der Waals surface area contributed by atoms with Crippen LogP contribution in [0.25, 0.3) is 0 Å². The SMILES string of the molecule is CC(=O)CCC(=O)OC1OCCO1. The zero-order chi connectivity index (χ0) is 9.68. The first-order valence-corrected chi connectivity index (χ1v) is 4.10. The van der Waals surface area contributed by atoms with Crippen LogP contribution in [-0.4, -0.2) is 31.4 Å². The van der Waals surface area contributed by atoms with E-state index in [1.807, 2.05) is 0 Å². The van der Waals surface area contributed by atoms with Gasteiger partial charge >= 0.3 is 12.4 Å². The summed E-state index contributed by atoms with van der Waals surface area (Å²) in [6, 6.07) is 0. The third-order valence-electron chi connectivity index (χ3n) is 1.50. The molecule has 0 radical (unpaired) electrons. The van der Waals surface area contributed by atoms with Gasteiger partial charge in [0.2, 0.25) is 0 Å². The van der Waals surface area contributed by atoms with Crippen LogP contribution >= 0.6 is 0 Å². The fourth-order valence-corrected chi connectivity index (χ4v) is 0.849. The molecule has 1 aliphatic rings. The summed E-state index contributed by atoms with van der Waals surface area (Å²) in [4.78, 5) is 21.5. The molecular weight excluding hydrogens is 176 g/mol. The lowest BCUT2D eigenvalue weighted by Gasteiger charge is -2.08. The number of hydrogen-bond acceptors (Lipinski definition) is 5. The molecule has 1 heterocycles. The predicted octanol–water partition coefficient (Wildman–Crippen LogP) is 0.229. The Hall–Kier alpha value is -0.940. The molecule has 0 aromatic rings. The molecule has 0 aliphatic carbocycles. The quantitative estimate of drug-likeness (QED) is 0.591. The fraction of sp³-hybridized carbons (Fsp3) is 0.750. The van der Waals surface area contributed by atoms with Gasteiger partial charge in [0.05, 0.1) is 19.6 Å². The summed E-state index contributed by atoms with van der Waals surface area (Å²) in [6.45, 7) is 1.42. The van der Waals surface area contributed by atoms with Gasteiger partial charge in [-0.3, -0.25) is 4.79 Å². The van der Waals surface area contributed by atoms with Crippen LogP contribution in [0.1, 0.15) is 19.8 Å². The first-order chi connectivity index (χ1) is 6.18. The van der Waals surface area contributed by atoms with E-state index in [1.54, 1.807) is 0 Å². The number of esters is 1. The second-order valence-electron chi connectivity index (χ2n) is 2.72. The minimum atomic E-state index is -0.876. The standard InChI is InChI=1S/C8H12O5/c1-6(9)2-3-7(10)13-8-11-4-5-12-8/h8H,2-5H2,1H3. The van der Waals surface area contributed by atoms with E-state index in [0.717, 1.165) is 0 Å². The number of carbonyl (C=O) groups is 2. The van der Waals surface area contributed by atoms with Crippen molar-refractivity contribution in [3.05, 3.63) is 0 Å². The van der Waals surface area contributed by atoms with Crippen LogP contribution in [-0.2, 0) is 23.8 Å². The topological polar surface area (TPSA) is 61.8 Å². The molecule has 0 unspecified atom stereocenters. The highest BCUT2D eigenvalue weighted by Crippen LogP contribution is 2.06. The lowest BCUT2D eigenvalue weighted by molar-refractivity contribution is -0.227. The number of ketones is 1. The second kappa shape index (κ2) is 4.94. The number of Topliss-reactive ketones (excluding diaryl/α,β-unsaturated/α-hetero) is 1. The lowest BCUT2D eigenvalue weighted by atomic mass is 10.2. The third-order valence-corrected chi connectivity index (χ3v) is 1.50. The van der Waals surface area contributed by atoms with E-state index in [2.05, 4.69) is 0 Å². The number of rotatable bonds is 4. The Morgan fingerprint density at radius 2 is 1.92 bits per heavy atom. The van der Waals surface area contributed by atoms with Crippen LogP contribution in [0.15, 0.2) is 0 Å². The van der Waals surface area contributed by atoms with Crippen molar-refractivity contribution in [1.82, 2.24) is 0 Å². The maximum Gasteiger partial charge on any atom is 0.318 e. The van der Waals surface area contributed by atoms with Crippen LogP contribution in [0.2, 0.25) is 0 Å². The zero-order valence-corrected chi connectivity index (χ0v) is 7.45. The van der Waals surface area contributed by atoms with Gasteiger partial charge in [-0.05, 0) is 6.92 Å². The average molecular weight is 188 g/mol. The van der Waals surface area contributed by atoms with E-state index in [1.165, 1.54) is 6.92 Å². The van der Waals surface area contributed by atoms with Gasteiger partial charge in [-0.1, -0.05) is 0 Å². The van der Waals surface area contributed by atoms with E-state index in [4.69, 9.17) is 14.2 Å². The summed E-state index contributed by atoms with van der Waals surface area (Å²) >= 11 is 0. The van der Waals surface area contributed by atoms with Gasteiger partial charge in [-0.25, -0.2) is 0 Å². The number of ether oxygens (including phenoxy) is 3. The summed E-state index contributed by atoms with van der Waals surface area (Å²) < 4.78 is 14.5. The van der Waals surface area contributed by atoms with Crippen molar-refractivity contribution in [3.63, 3.8) is 0 Å². The van der Waals surface area contributed by atoms with Crippen molar-refractivity contribution >= 4 is 11.8 Å². The van der Waals surface area contributed by atoms with E-state index < -0.39 is 12.4 Å². The smallest absolute Gasteiger partial charge is 0.318 e. The van der Waals surface area contributed by atoms with E-state index in [-0.39, 0.29) is 18.6 Å². The minimum Gasteiger partial charge on any atom is -0.410 e. The van der Waals surface area contributed by atoms with Gasteiger partial charge in [0.15, 0.2) is 0 Å². The van der Waals surface area contributed by atoms with Gasteiger partial charge in [-0.2, -0.15) is 0 Å². The predicted molar refractivity (Wildman–Crippen MR) is 41.7 cm³/mol. The van der Waals surface area contributed by atoms with Crippen LogP contribution in [0.4, 0.5) is 0 Å². The molecule has 0 saturated carbocycles. The van der Waals surface area contributed by atoms with Crippen molar-refractivity contribution in [2.45, 2.75) is 26.2 Å². The maximum atomic E-state index is 11.0. The lowest BCUT2D eigenvalue weighted by Crippen LogP contribution is -2.18. The summed E-state index contributed by atoms with van der Waals surface area (Å²) in [7, 11) is 0. The van der Waals surface area contributed by atoms with Gasteiger partial charge in [0, 0.05) is 6.42 Å². The maximum absolute atomic E-state index is 11.0. The Bertz CT molecular complexity index is 195. The Morgan fingerprint density at radius 1 is 1.31 bits per heavy atom. The fourth-order valence-electron chi connectivity index (χ4n) is 0.849. The molecule has 1 saturated heterocycles. The molecule has 1 fully saturated rings. The highest BCUT2D eigenvalue weighted by atomic mass is 16.9. The highest BCUT2D eigenvalue weighted by molar-refractivity contribution is 5.80. The molecule has 74 valence electrons. The zero-order valence-electron chi connectivity index (χ0n) is 7.45. The van der Waals surface area contributed by atoms with Crippen LogP contribution < -0.4 is 0 Å². The molecule has 0 aromatic carbocycles. The van der Waals surface area contributed by atoms with Gasteiger partial charge in [-0.15, -0.1) is 0 Å². The van der Waals surface area contributed by atoms with Crippen molar-refractivity contribution in [3.8, 4) is 0 Å². The van der Waals surface area contributed by atoms with Crippen LogP contribution in [0.3, 0.4) is 0 Å². The molecule has 0 atom stereocenters. The average Bonchev–Trinajstić information content (AvgIpc) is 2.53. The molecule has 0 bridgehead atoms. The summed E-state index contributed by atoms with van der Waals surface area (Å²) in [5.41, 5.74) is 0. The molecule has 5 heteroatoms. The number of carbonyl (C=O) groups excluding carboxylic acids is 2. The van der Waals surface area contributed by atoms with Crippen molar-refractivity contribution < 1.29 is 23.8 Å². The van der Waals surface area contributed by atoms with Crippen LogP contribution in [0, 0.1) is 0 Å². The van der Waals surface area contributed by atoms with Crippen molar-refractivity contribution in [2.75, 3.05) is 13.2 Å². The molecule has 0 amide bonds. The van der Waals surface area contributed by atoms with Gasteiger partial charge < -0.3 is 19.0 Å². The first kappa shape index (κ1) is 10.1. The third kappa shape index (κ3) is 4.00. The summed E-state index contributed by atoms with van der Waals surface area (Å²) in [6.07, 6.45) is 0.282. The normalized spacial score (nSPS) is 17.3. The molecule has 1 aliphatic heterocycles. The molecule has 1 rings (SSSR count). The molecular formula is C8H12O5. The summed E-state index contributed by atoms with van der Waals surface area (Å²) in [5, 5.41) is 0. The second-order valence-corrected chi connectivity index (χ2v) is 2.72. The van der Waals surface area contributed by atoms with E-state index in [0.29, 0.717) is 13.2 Å². The summed E-state index contributed by atoms with van der Waals surface area (Å²) in [5.74, 6) is -0.507. The van der Waals surface area contributed by atoms with E-state index >= 15 is 0 Å². The van der Waals surface area contributed by atoms with Crippen molar-refractivity contribution in [2.24, 2.45) is 0 Å². The van der Waals surface area contributed by atoms with Gasteiger partial charge in [0.25, 0.3) is 0 Å². The number of hydrogen-bond donors (Lipinski definition) is 0. The Morgan fingerprint density at radius 3 is 2.46 bits per heavy atom. The molecule has 0 N–H and O–H groups in total. The Balaban J connectivity index is 2.13. The highest BCUT2D eigenvalue weighted by Gasteiger charge is 2.20. The van der Waals surface area contributed by atoms with E-state index in [9.17, 15) is 9.59 Å². The minimum absolute atomic E-state index is 0.0368. The molecule has 0 spiro atoms. The molecule has 0 aromatic heterocycles.